The zero-order valence-corrected chi connectivity index (χ0v) is 18.9. The summed E-state index contributed by atoms with van der Waals surface area (Å²) < 4.78 is 44.5. The molecule has 3 heterocycles. The highest BCUT2D eigenvalue weighted by molar-refractivity contribution is 5.93. The maximum absolute atomic E-state index is 13.0. The second-order valence-corrected chi connectivity index (χ2v) is 8.60. The van der Waals surface area contributed by atoms with Crippen LogP contribution in [0.3, 0.4) is 0 Å². The topological polar surface area (TPSA) is 91.4 Å². The van der Waals surface area contributed by atoms with E-state index in [2.05, 4.69) is 25.9 Å². The molecule has 0 spiro atoms. The summed E-state index contributed by atoms with van der Waals surface area (Å²) >= 11 is 0. The molecule has 0 radical (unpaired) electrons. The number of nitrogens with zero attached hydrogens (tertiary/aromatic N) is 3. The van der Waals surface area contributed by atoms with Crippen LogP contribution in [-0.4, -0.2) is 72.3 Å². The van der Waals surface area contributed by atoms with Crippen LogP contribution in [0.1, 0.15) is 35.3 Å². The fraction of sp³-hybridized carbons (Fsp3) is 0.522. The normalized spacial score (nSPS) is 21.9. The van der Waals surface area contributed by atoms with Crippen molar-refractivity contribution in [2.24, 2.45) is 0 Å². The van der Waals surface area contributed by atoms with Crippen molar-refractivity contribution in [1.29, 1.82) is 0 Å². The van der Waals surface area contributed by atoms with Crippen LogP contribution in [0.15, 0.2) is 36.7 Å². The summed E-state index contributed by atoms with van der Waals surface area (Å²) in [7, 11) is 1.73. The Morgan fingerprint density at radius 2 is 1.97 bits per heavy atom. The minimum atomic E-state index is -4.44. The fourth-order valence-electron chi connectivity index (χ4n) is 4.45. The monoisotopic (exact) mass is 478 g/mol. The number of hydrogen-bond donors (Lipinski definition) is 3. The predicted molar refractivity (Wildman–Crippen MR) is 121 cm³/mol. The zero-order valence-electron chi connectivity index (χ0n) is 18.9. The van der Waals surface area contributed by atoms with Crippen molar-refractivity contribution in [3.05, 3.63) is 47.9 Å². The third-order valence-electron chi connectivity index (χ3n) is 6.31. The Morgan fingerprint density at radius 3 is 2.71 bits per heavy atom. The average molecular weight is 479 g/mol. The molecule has 2 aliphatic heterocycles. The second kappa shape index (κ2) is 10.7. The predicted octanol–water partition coefficient (Wildman–Crippen LogP) is 2.81. The first-order valence-corrected chi connectivity index (χ1v) is 11.4. The SMILES string of the molecule is CO[C@H]1CNCC[C@H]1NC1CCN(C(=O)c2cc(Nc3cccc(C(F)(F)F)c3)ncn2)CC1. The summed E-state index contributed by atoms with van der Waals surface area (Å²) in [6.07, 6.45) is -0.417. The number of piperidine rings is 2. The van der Waals surface area contributed by atoms with E-state index in [9.17, 15) is 18.0 Å². The molecule has 1 amide bonds. The Hall–Kier alpha value is -2.76. The highest BCUT2D eigenvalue weighted by atomic mass is 19.4. The number of alkyl halides is 3. The van der Waals surface area contributed by atoms with Gasteiger partial charge >= 0.3 is 6.18 Å². The van der Waals surface area contributed by atoms with Gasteiger partial charge in [-0.15, -0.1) is 0 Å². The Bertz CT molecular complexity index is 981. The third-order valence-corrected chi connectivity index (χ3v) is 6.31. The Morgan fingerprint density at radius 1 is 1.18 bits per heavy atom. The second-order valence-electron chi connectivity index (χ2n) is 8.60. The average Bonchev–Trinajstić information content (AvgIpc) is 2.84. The number of aromatic nitrogens is 2. The number of benzene rings is 1. The summed E-state index contributed by atoms with van der Waals surface area (Å²) in [5.74, 6) is 0.0373. The highest BCUT2D eigenvalue weighted by Crippen LogP contribution is 2.31. The van der Waals surface area contributed by atoms with Gasteiger partial charge in [0, 0.05) is 50.6 Å². The molecule has 1 aromatic carbocycles. The molecule has 2 fully saturated rings. The van der Waals surface area contributed by atoms with E-state index in [4.69, 9.17) is 4.74 Å². The fourth-order valence-corrected chi connectivity index (χ4v) is 4.45. The summed E-state index contributed by atoms with van der Waals surface area (Å²) in [5, 5.41) is 9.86. The number of carbonyl (C=O) groups excluding carboxylic acids is 1. The summed E-state index contributed by atoms with van der Waals surface area (Å²) in [6, 6.07) is 6.89. The summed E-state index contributed by atoms with van der Waals surface area (Å²) in [5.41, 5.74) is -0.333. The molecule has 2 atom stereocenters. The van der Waals surface area contributed by atoms with Gasteiger partial charge in [0.1, 0.15) is 17.8 Å². The number of likely N-dealkylation sites (tertiary alicyclic amines) is 1. The first-order chi connectivity index (χ1) is 16.3. The van der Waals surface area contributed by atoms with Crippen LogP contribution in [0.5, 0.6) is 0 Å². The van der Waals surface area contributed by atoms with E-state index in [1.807, 2.05) is 0 Å². The third kappa shape index (κ3) is 6.02. The molecule has 11 heteroatoms. The molecule has 34 heavy (non-hydrogen) atoms. The standard InChI is InChI=1S/C23H29F3N6O2/c1-34-20-13-27-8-5-18(20)30-16-6-9-32(10-7-16)22(33)19-12-21(29-14-28-19)31-17-4-2-3-15(11-17)23(24,25)26/h2-4,11-12,14,16,18,20,27,30H,5-10,13H2,1H3,(H,28,29,31)/t18-,20+/m1/s1. The van der Waals surface area contributed by atoms with E-state index < -0.39 is 11.7 Å². The lowest BCUT2D eigenvalue weighted by atomic mass is 9.98. The number of hydrogen-bond acceptors (Lipinski definition) is 7. The van der Waals surface area contributed by atoms with Gasteiger partial charge < -0.3 is 25.6 Å². The van der Waals surface area contributed by atoms with Gasteiger partial charge in [0.2, 0.25) is 0 Å². The molecule has 8 nitrogen and oxygen atoms in total. The van der Waals surface area contributed by atoms with Crippen LogP contribution in [0.25, 0.3) is 0 Å². The Labute approximate surface area is 196 Å². The van der Waals surface area contributed by atoms with Crippen LogP contribution in [0.4, 0.5) is 24.7 Å². The molecule has 0 unspecified atom stereocenters. The Balaban J connectivity index is 1.34. The van der Waals surface area contributed by atoms with Crippen LogP contribution >= 0.6 is 0 Å². The quantitative estimate of drug-likeness (QED) is 0.588. The Kier molecular flexibility index (Phi) is 7.64. The molecule has 2 aromatic rings. The largest absolute Gasteiger partial charge is 0.416 e. The molecule has 2 aliphatic rings. The first kappa shape index (κ1) is 24.4. The molecule has 4 rings (SSSR count). The maximum Gasteiger partial charge on any atom is 0.416 e. The van der Waals surface area contributed by atoms with E-state index in [0.29, 0.717) is 25.2 Å². The number of halogens is 3. The number of carbonyl (C=O) groups is 1. The number of amides is 1. The number of rotatable bonds is 6. The van der Waals surface area contributed by atoms with Gasteiger partial charge in [0.05, 0.1) is 11.7 Å². The number of anilines is 2. The van der Waals surface area contributed by atoms with Crippen molar-refractivity contribution < 1.29 is 22.7 Å². The molecule has 2 saturated heterocycles. The van der Waals surface area contributed by atoms with Crippen molar-refractivity contribution in [1.82, 2.24) is 25.5 Å². The minimum Gasteiger partial charge on any atom is -0.379 e. The van der Waals surface area contributed by atoms with Gasteiger partial charge in [-0.2, -0.15) is 13.2 Å². The number of nitrogens with one attached hydrogen (secondary N) is 3. The van der Waals surface area contributed by atoms with E-state index in [1.54, 1.807) is 12.0 Å². The van der Waals surface area contributed by atoms with Gasteiger partial charge in [-0.05, 0) is 44.0 Å². The molecule has 3 N–H and O–H groups in total. The number of ether oxygens (including phenoxy) is 1. The van der Waals surface area contributed by atoms with Crippen molar-refractivity contribution >= 4 is 17.4 Å². The van der Waals surface area contributed by atoms with Crippen molar-refractivity contribution in [3.63, 3.8) is 0 Å². The lowest BCUT2D eigenvalue weighted by molar-refractivity contribution is -0.137. The van der Waals surface area contributed by atoms with Crippen LogP contribution in [-0.2, 0) is 10.9 Å². The molecular formula is C23H29F3N6O2. The van der Waals surface area contributed by atoms with E-state index in [1.165, 1.54) is 24.5 Å². The highest BCUT2D eigenvalue weighted by Gasteiger charge is 2.31. The van der Waals surface area contributed by atoms with Crippen LogP contribution in [0.2, 0.25) is 0 Å². The smallest absolute Gasteiger partial charge is 0.379 e. The van der Waals surface area contributed by atoms with Crippen molar-refractivity contribution in [2.45, 2.75) is 43.6 Å². The van der Waals surface area contributed by atoms with Gasteiger partial charge in [0.15, 0.2) is 0 Å². The molecule has 0 saturated carbocycles. The summed E-state index contributed by atoms with van der Waals surface area (Å²) in [4.78, 5) is 22.9. The summed E-state index contributed by atoms with van der Waals surface area (Å²) in [6.45, 7) is 2.98. The van der Waals surface area contributed by atoms with E-state index in [-0.39, 0.29) is 29.2 Å². The molecule has 0 bridgehead atoms. The van der Waals surface area contributed by atoms with Crippen LogP contribution < -0.4 is 16.0 Å². The van der Waals surface area contributed by atoms with Crippen molar-refractivity contribution in [3.8, 4) is 0 Å². The molecule has 184 valence electrons. The van der Waals surface area contributed by atoms with Gasteiger partial charge in [-0.1, -0.05) is 6.07 Å². The van der Waals surface area contributed by atoms with Crippen molar-refractivity contribution in [2.75, 3.05) is 38.6 Å². The maximum atomic E-state index is 13.0. The van der Waals surface area contributed by atoms with Gasteiger partial charge in [-0.3, -0.25) is 4.79 Å². The molecule has 0 aliphatic carbocycles. The van der Waals surface area contributed by atoms with E-state index in [0.717, 1.165) is 44.5 Å². The molecular weight excluding hydrogens is 449 g/mol. The van der Waals surface area contributed by atoms with Gasteiger partial charge in [-0.25, -0.2) is 9.97 Å². The lowest BCUT2D eigenvalue weighted by Gasteiger charge is -2.38. The first-order valence-electron chi connectivity index (χ1n) is 11.4. The number of methoxy groups -OCH3 is 1. The zero-order chi connectivity index (χ0) is 24.1. The van der Waals surface area contributed by atoms with Gasteiger partial charge in [0.25, 0.3) is 5.91 Å². The van der Waals surface area contributed by atoms with Crippen LogP contribution in [0, 0.1) is 0 Å². The lowest BCUT2D eigenvalue weighted by Crippen LogP contribution is -2.56. The minimum absolute atomic E-state index is 0.136. The van der Waals surface area contributed by atoms with E-state index >= 15 is 0 Å². The molecule has 1 aromatic heterocycles.